The molecule has 0 saturated heterocycles. The molecule has 0 aliphatic heterocycles. The molecular weight excluding hydrogens is 414 g/mol. The first kappa shape index (κ1) is 20.9. The van der Waals surface area contributed by atoms with Crippen LogP contribution < -0.4 is 10.1 Å². The highest BCUT2D eigenvalue weighted by Gasteiger charge is 2.15. The van der Waals surface area contributed by atoms with Crippen molar-refractivity contribution in [3.05, 3.63) is 65.3 Å². The molecule has 3 heterocycles. The Kier molecular flexibility index (Phi) is 5.45. The van der Waals surface area contributed by atoms with E-state index >= 15 is 0 Å². The van der Waals surface area contributed by atoms with E-state index < -0.39 is 0 Å². The maximum atomic E-state index is 12.5. The number of hydrogen-bond acceptors (Lipinski definition) is 4. The molecule has 0 fully saturated rings. The summed E-state index contributed by atoms with van der Waals surface area (Å²) < 4.78 is 7.13. The van der Waals surface area contributed by atoms with Crippen molar-refractivity contribution in [3.8, 4) is 17.0 Å². The predicted molar refractivity (Wildman–Crippen MR) is 121 cm³/mol. The second kappa shape index (κ2) is 8.07. The highest BCUT2D eigenvalue weighted by molar-refractivity contribution is 6.32. The van der Waals surface area contributed by atoms with Crippen LogP contribution in [0.25, 0.3) is 22.2 Å². The molecule has 31 heavy (non-hydrogen) atoms. The number of halogens is 1. The molecule has 0 spiro atoms. The molecule has 7 nitrogen and oxygen atoms in total. The van der Waals surface area contributed by atoms with Crippen LogP contribution in [-0.2, 0) is 12.1 Å². The standard InChI is InChI=1S/C23H24ClN5O2/c1-23(2,3)29-8-7-15(13-29)21(30)25-12-20-27-18-6-5-14(10-19(18)28-20)16-9-17(24)22(31-4)26-11-16/h5-11,13H,12H2,1-4H3,(H,25,30)(H,27,28). The average Bonchev–Trinajstić information content (AvgIpc) is 3.38. The summed E-state index contributed by atoms with van der Waals surface area (Å²) >= 11 is 6.20. The Labute approximate surface area is 185 Å². The molecule has 0 bridgehead atoms. The van der Waals surface area contributed by atoms with Crippen molar-refractivity contribution >= 4 is 28.5 Å². The van der Waals surface area contributed by atoms with Gasteiger partial charge in [-0.1, -0.05) is 17.7 Å². The molecule has 2 N–H and O–H groups in total. The summed E-state index contributed by atoms with van der Waals surface area (Å²) in [6.07, 6.45) is 5.49. The van der Waals surface area contributed by atoms with Crippen LogP contribution in [-0.4, -0.2) is 32.5 Å². The number of rotatable bonds is 5. The lowest BCUT2D eigenvalue weighted by Crippen LogP contribution is -2.24. The van der Waals surface area contributed by atoms with Crippen LogP contribution in [0.3, 0.4) is 0 Å². The normalized spacial score (nSPS) is 11.6. The van der Waals surface area contributed by atoms with Gasteiger partial charge in [0.25, 0.3) is 5.91 Å². The third-order valence-corrected chi connectivity index (χ3v) is 5.28. The zero-order valence-electron chi connectivity index (χ0n) is 17.9. The Hall–Kier alpha value is -3.32. The Balaban J connectivity index is 1.49. The largest absolute Gasteiger partial charge is 0.480 e. The third-order valence-electron chi connectivity index (χ3n) is 5.01. The van der Waals surface area contributed by atoms with Crippen molar-refractivity contribution in [3.63, 3.8) is 0 Å². The average molecular weight is 438 g/mol. The molecule has 1 amide bonds. The van der Waals surface area contributed by atoms with Crippen molar-refractivity contribution in [2.75, 3.05) is 7.11 Å². The summed E-state index contributed by atoms with van der Waals surface area (Å²) in [4.78, 5) is 24.6. The molecule has 0 saturated carbocycles. The number of hydrogen-bond donors (Lipinski definition) is 2. The number of aromatic amines is 1. The zero-order valence-corrected chi connectivity index (χ0v) is 18.6. The molecule has 3 aromatic heterocycles. The van der Waals surface area contributed by atoms with Gasteiger partial charge < -0.3 is 19.6 Å². The Bertz CT molecular complexity index is 1250. The van der Waals surface area contributed by atoms with Gasteiger partial charge in [0.05, 0.1) is 30.3 Å². The zero-order chi connectivity index (χ0) is 22.2. The molecule has 0 atom stereocenters. The van der Waals surface area contributed by atoms with E-state index in [0.29, 0.717) is 28.8 Å². The lowest BCUT2D eigenvalue weighted by molar-refractivity contribution is 0.0950. The first-order valence-electron chi connectivity index (χ1n) is 9.90. The number of ether oxygens (including phenoxy) is 1. The van der Waals surface area contributed by atoms with Gasteiger partial charge in [-0.25, -0.2) is 9.97 Å². The minimum atomic E-state index is -0.136. The number of nitrogens with zero attached hydrogens (tertiary/aromatic N) is 3. The van der Waals surface area contributed by atoms with Crippen molar-refractivity contribution in [1.29, 1.82) is 0 Å². The summed E-state index contributed by atoms with van der Waals surface area (Å²) in [7, 11) is 1.53. The molecule has 8 heteroatoms. The van der Waals surface area contributed by atoms with Gasteiger partial charge in [0.15, 0.2) is 0 Å². The van der Waals surface area contributed by atoms with Gasteiger partial charge in [-0.3, -0.25) is 4.79 Å². The number of aromatic nitrogens is 4. The summed E-state index contributed by atoms with van der Waals surface area (Å²) in [6, 6.07) is 9.50. The van der Waals surface area contributed by atoms with E-state index in [1.165, 1.54) is 7.11 Å². The first-order chi connectivity index (χ1) is 14.7. The fourth-order valence-corrected chi connectivity index (χ4v) is 3.52. The highest BCUT2D eigenvalue weighted by atomic mass is 35.5. The van der Waals surface area contributed by atoms with Gasteiger partial charge >= 0.3 is 0 Å². The lowest BCUT2D eigenvalue weighted by atomic mass is 10.1. The molecule has 0 radical (unpaired) electrons. The Morgan fingerprint density at radius 1 is 1.23 bits per heavy atom. The van der Waals surface area contributed by atoms with Crippen molar-refractivity contribution in [2.45, 2.75) is 32.9 Å². The number of carbonyl (C=O) groups is 1. The summed E-state index contributed by atoms with van der Waals surface area (Å²) in [6.45, 7) is 6.58. The van der Waals surface area contributed by atoms with Gasteiger partial charge in [0.2, 0.25) is 5.88 Å². The third kappa shape index (κ3) is 4.41. The van der Waals surface area contributed by atoms with Crippen LogP contribution in [0.15, 0.2) is 48.9 Å². The van der Waals surface area contributed by atoms with E-state index in [0.717, 1.165) is 22.2 Å². The molecule has 0 aliphatic rings. The van der Waals surface area contributed by atoms with Crippen molar-refractivity contribution in [1.82, 2.24) is 24.8 Å². The van der Waals surface area contributed by atoms with Crippen LogP contribution in [0.1, 0.15) is 37.0 Å². The maximum Gasteiger partial charge on any atom is 0.253 e. The molecule has 4 rings (SSSR count). The minimum Gasteiger partial charge on any atom is -0.480 e. The van der Waals surface area contributed by atoms with E-state index in [1.54, 1.807) is 6.20 Å². The van der Waals surface area contributed by atoms with E-state index in [4.69, 9.17) is 16.3 Å². The van der Waals surface area contributed by atoms with E-state index in [-0.39, 0.29) is 11.4 Å². The molecule has 0 unspecified atom stereocenters. The lowest BCUT2D eigenvalue weighted by Gasteiger charge is -2.20. The highest BCUT2D eigenvalue weighted by Crippen LogP contribution is 2.29. The van der Waals surface area contributed by atoms with Gasteiger partial charge in [0.1, 0.15) is 10.8 Å². The quantitative estimate of drug-likeness (QED) is 0.470. The number of H-pyrrole nitrogens is 1. The van der Waals surface area contributed by atoms with Crippen LogP contribution >= 0.6 is 11.6 Å². The Morgan fingerprint density at radius 3 is 2.71 bits per heavy atom. The van der Waals surface area contributed by atoms with Gasteiger partial charge in [-0.2, -0.15) is 0 Å². The van der Waals surface area contributed by atoms with Crippen molar-refractivity contribution < 1.29 is 9.53 Å². The smallest absolute Gasteiger partial charge is 0.253 e. The second-order valence-corrected chi connectivity index (χ2v) is 8.70. The maximum absolute atomic E-state index is 12.5. The van der Waals surface area contributed by atoms with Crippen LogP contribution in [0.2, 0.25) is 5.02 Å². The van der Waals surface area contributed by atoms with Crippen LogP contribution in [0, 0.1) is 0 Å². The minimum absolute atomic E-state index is 0.0708. The number of nitrogens with one attached hydrogen (secondary N) is 2. The monoisotopic (exact) mass is 437 g/mol. The molecule has 160 valence electrons. The van der Waals surface area contributed by atoms with Crippen LogP contribution in [0.5, 0.6) is 5.88 Å². The van der Waals surface area contributed by atoms with Crippen molar-refractivity contribution in [2.24, 2.45) is 0 Å². The summed E-state index contributed by atoms with van der Waals surface area (Å²) in [5.74, 6) is 0.939. The fraction of sp³-hybridized carbons (Fsp3) is 0.261. The number of imidazole rings is 1. The SMILES string of the molecule is COc1ncc(-c2ccc3nc(CNC(=O)c4ccn(C(C)(C)C)c4)[nH]c3c2)cc1Cl. The number of pyridine rings is 1. The number of amides is 1. The summed E-state index contributed by atoms with van der Waals surface area (Å²) in [5.41, 5.74) is 4.07. The molecular formula is C23H24ClN5O2. The fourth-order valence-electron chi connectivity index (χ4n) is 3.27. The topological polar surface area (TPSA) is 84.8 Å². The first-order valence-corrected chi connectivity index (χ1v) is 10.3. The number of methoxy groups -OCH3 is 1. The summed E-state index contributed by atoms with van der Waals surface area (Å²) in [5, 5.41) is 3.37. The number of carbonyl (C=O) groups excluding carboxylic acids is 1. The predicted octanol–water partition coefficient (Wildman–Crippen LogP) is 4.77. The number of fused-ring (bicyclic) bond motifs is 1. The van der Waals surface area contributed by atoms with E-state index in [2.05, 4.69) is 41.0 Å². The molecule has 4 aromatic rings. The number of benzene rings is 1. The van der Waals surface area contributed by atoms with Gasteiger partial charge in [-0.15, -0.1) is 0 Å². The van der Waals surface area contributed by atoms with Crippen LogP contribution in [0.4, 0.5) is 0 Å². The molecule has 0 aliphatic carbocycles. The van der Waals surface area contributed by atoms with Gasteiger partial charge in [0, 0.05) is 29.7 Å². The second-order valence-electron chi connectivity index (χ2n) is 8.29. The van der Waals surface area contributed by atoms with Gasteiger partial charge in [-0.05, 0) is 50.6 Å². The van der Waals surface area contributed by atoms with E-state index in [9.17, 15) is 4.79 Å². The molecule has 1 aromatic carbocycles. The Morgan fingerprint density at radius 2 is 2.03 bits per heavy atom. The van der Waals surface area contributed by atoms with E-state index in [1.807, 2.05) is 47.3 Å².